The Kier molecular flexibility index (Phi) is 8.33. The molecule has 0 aliphatic rings. The molecule has 0 aromatic heterocycles. The fourth-order valence-electron chi connectivity index (χ4n) is 3.03. The Morgan fingerprint density at radius 2 is 1.61 bits per heavy atom. The van der Waals surface area contributed by atoms with Crippen molar-refractivity contribution < 1.29 is 31.1 Å². The van der Waals surface area contributed by atoms with Crippen LogP contribution in [0.4, 0.5) is 11.4 Å². The molecule has 0 fully saturated rings. The highest BCUT2D eigenvalue weighted by molar-refractivity contribution is 7.92. The van der Waals surface area contributed by atoms with Gasteiger partial charge in [0.05, 0.1) is 36.7 Å². The molecule has 0 radical (unpaired) electrons. The molecule has 182 valence electrons. The van der Waals surface area contributed by atoms with Gasteiger partial charge in [-0.15, -0.1) is 0 Å². The molecule has 33 heavy (non-hydrogen) atoms. The van der Waals surface area contributed by atoms with Gasteiger partial charge >= 0.3 is 0 Å². The van der Waals surface area contributed by atoms with E-state index in [0.29, 0.717) is 0 Å². The second kappa shape index (κ2) is 10.4. The molecule has 0 aliphatic heterocycles. The van der Waals surface area contributed by atoms with Gasteiger partial charge in [0.2, 0.25) is 26.0 Å². The lowest BCUT2D eigenvalue weighted by atomic mass is 10.2. The van der Waals surface area contributed by atoms with E-state index in [9.17, 15) is 21.6 Å². The molecule has 0 aliphatic carbocycles. The Morgan fingerprint density at radius 3 is 2.15 bits per heavy atom. The summed E-state index contributed by atoms with van der Waals surface area (Å²) in [6.45, 7) is 4.58. The number of methoxy groups -OCH3 is 2. The summed E-state index contributed by atoms with van der Waals surface area (Å²) in [4.78, 5) is 12.8. The average Bonchev–Trinajstić information content (AvgIpc) is 2.70. The Bertz CT molecular complexity index is 1230. The minimum Gasteiger partial charge on any atom is -0.495 e. The van der Waals surface area contributed by atoms with E-state index in [1.165, 1.54) is 32.4 Å². The van der Waals surface area contributed by atoms with Crippen LogP contribution >= 0.6 is 0 Å². The lowest BCUT2D eigenvalue weighted by Crippen LogP contribution is -2.37. The number of rotatable bonds is 10. The molecule has 2 aromatic rings. The van der Waals surface area contributed by atoms with E-state index in [2.05, 4.69) is 10.0 Å². The Balaban J connectivity index is 2.40. The second-order valence-electron chi connectivity index (χ2n) is 7.63. The van der Waals surface area contributed by atoms with Crippen LogP contribution in [-0.2, 0) is 24.8 Å². The Hall–Kier alpha value is -2.83. The van der Waals surface area contributed by atoms with Gasteiger partial charge in [0.1, 0.15) is 18.0 Å². The van der Waals surface area contributed by atoms with Crippen LogP contribution < -0.4 is 23.8 Å². The molecule has 1 amide bonds. The van der Waals surface area contributed by atoms with Crippen LogP contribution in [0.2, 0.25) is 0 Å². The van der Waals surface area contributed by atoms with Crippen molar-refractivity contribution in [2.45, 2.75) is 31.7 Å². The van der Waals surface area contributed by atoms with E-state index in [1.807, 2.05) is 0 Å². The van der Waals surface area contributed by atoms with Gasteiger partial charge in [-0.2, -0.15) is 0 Å². The number of nitrogens with zero attached hydrogens (tertiary/aromatic N) is 1. The van der Waals surface area contributed by atoms with Gasteiger partial charge in [0.15, 0.2) is 0 Å². The number of carbonyl (C=O) groups excluding carboxylic acids is 1. The van der Waals surface area contributed by atoms with Crippen molar-refractivity contribution in [2.75, 3.05) is 36.6 Å². The quantitative estimate of drug-likeness (QED) is 0.512. The van der Waals surface area contributed by atoms with Crippen LogP contribution in [0.15, 0.2) is 41.3 Å². The van der Waals surface area contributed by atoms with E-state index in [4.69, 9.17) is 9.47 Å². The minimum absolute atomic E-state index is 0.0763. The first-order valence-corrected chi connectivity index (χ1v) is 13.2. The van der Waals surface area contributed by atoms with Crippen molar-refractivity contribution in [1.82, 2.24) is 4.72 Å². The Morgan fingerprint density at radius 1 is 1.00 bits per heavy atom. The number of hydrogen-bond acceptors (Lipinski definition) is 7. The summed E-state index contributed by atoms with van der Waals surface area (Å²) in [6.07, 6.45) is 0.980. The lowest BCUT2D eigenvalue weighted by Gasteiger charge is -2.24. The van der Waals surface area contributed by atoms with Crippen LogP contribution in [0, 0.1) is 6.92 Å². The number of aryl methyl sites for hydroxylation is 1. The SMILES string of the molecule is COc1ccc(S(=O)(=O)NC(C)C)cc1NC(=O)CN(c1cc(C)ccc1OC)S(C)(=O)=O. The average molecular weight is 500 g/mol. The van der Waals surface area contributed by atoms with E-state index in [-0.39, 0.29) is 33.8 Å². The molecule has 0 saturated carbocycles. The smallest absolute Gasteiger partial charge is 0.245 e. The summed E-state index contributed by atoms with van der Waals surface area (Å²) in [5.41, 5.74) is 1.07. The lowest BCUT2D eigenvalue weighted by molar-refractivity contribution is -0.114. The number of ether oxygens (including phenoxy) is 2. The number of nitrogens with one attached hydrogen (secondary N) is 2. The van der Waals surface area contributed by atoms with Crippen LogP contribution in [0.3, 0.4) is 0 Å². The minimum atomic E-state index is -3.86. The molecule has 0 heterocycles. The fourth-order valence-corrected chi connectivity index (χ4v) is 5.16. The van der Waals surface area contributed by atoms with E-state index in [1.54, 1.807) is 39.0 Å². The van der Waals surface area contributed by atoms with Crippen LogP contribution in [0.25, 0.3) is 0 Å². The molecular weight excluding hydrogens is 470 g/mol. The third-order valence-electron chi connectivity index (χ3n) is 4.44. The number of sulfonamides is 2. The van der Waals surface area contributed by atoms with Crippen molar-refractivity contribution in [2.24, 2.45) is 0 Å². The molecule has 0 atom stereocenters. The van der Waals surface area contributed by atoms with Crippen molar-refractivity contribution in [3.63, 3.8) is 0 Å². The van der Waals surface area contributed by atoms with E-state index < -0.39 is 32.5 Å². The highest BCUT2D eigenvalue weighted by Gasteiger charge is 2.25. The number of hydrogen-bond donors (Lipinski definition) is 2. The molecule has 2 aromatic carbocycles. The first kappa shape index (κ1) is 26.4. The molecular formula is C21H29N3O7S2. The topological polar surface area (TPSA) is 131 Å². The number of carbonyl (C=O) groups is 1. The summed E-state index contributed by atoms with van der Waals surface area (Å²) in [5, 5.41) is 2.55. The summed E-state index contributed by atoms with van der Waals surface area (Å²) < 4.78 is 63.9. The summed E-state index contributed by atoms with van der Waals surface area (Å²) in [6, 6.07) is 8.63. The molecule has 2 N–H and O–H groups in total. The second-order valence-corrected chi connectivity index (χ2v) is 11.3. The summed E-state index contributed by atoms with van der Waals surface area (Å²) >= 11 is 0. The normalized spacial score (nSPS) is 11.8. The maximum absolute atomic E-state index is 12.9. The van der Waals surface area contributed by atoms with Gasteiger partial charge in [-0.1, -0.05) is 6.07 Å². The molecule has 0 bridgehead atoms. The zero-order valence-corrected chi connectivity index (χ0v) is 21.0. The summed E-state index contributed by atoms with van der Waals surface area (Å²) in [5.74, 6) is -0.205. The van der Waals surface area contributed by atoms with Crippen LogP contribution in [0.1, 0.15) is 19.4 Å². The van der Waals surface area contributed by atoms with Crippen molar-refractivity contribution >= 4 is 37.3 Å². The standard InChI is InChI=1S/C21H29N3O7S2/c1-14(2)23-33(28,29)16-8-10-19(30-4)17(12-16)22-21(25)13-24(32(6,26)27)18-11-15(3)7-9-20(18)31-5/h7-12,14,23H,13H2,1-6H3,(H,22,25). The van der Waals surface area contributed by atoms with Crippen LogP contribution in [-0.4, -0.2) is 55.8 Å². The molecule has 12 heteroatoms. The summed E-state index contributed by atoms with van der Waals surface area (Å²) in [7, 11) is -4.92. The van der Waals surface area contributed by atoms with E-state index in [0.717, 1.165) is 16.1 Å². The van der Waals surface area contributed by atoms with Crippen molar-refractivity contribution in [3.05, 3.63) is 42.0 Å². The largest absolute Gasteiger partial charge is 0.495 e. The third-order valence-corrected chi connectivity index (χ3v) is 7.22. The van der Waals surface area contributed by atoms with Gasteiger partial charge in [-0.3, -0.25) is 9.10 Å². The molecule has 10 nitrogen and oxygen atoms in total. The first-order chi connectivity index (χ1) is 15.3. The number of amides is 1. The van der Waals surface area contributed by atoms with Gasteiger partial charge in [-0.25, -0.2) is 21.6 Å². The zero-order chi connectivity index (χ0) is 25.0. The van der Waals surface area contributed by atoms with Gasteiger partial charge in [0, 0.05) is 6.04 Å². The highest BCUT2D eigenvalue weighted by Crippen LogP contribution is 2.32. The van der Waals surface area contributed by atoms with Gasteiger partial charge in [-0.05, 0) is 56.7 Å². The molecule has 2 rings (SSSR count). The Labute approximate surface area is 195 Å². The highest BCUT2D eigenvalue weighted by atomic mass is 32.2. The zero-order valence-electron chi connectivity index (χ0n) is 19.4. The van der Waals surface area contributed by atoms with E-state index >= 15 is 0 Å². The predicted molar refractivity (Wildman–Crippen MR) is 127 cm³/mol. The van der Waals surface area contributed by atoms with Gasteiger partial charge in [0.25, 0.3) is 0 Å². The first-order valence-electron chi connectivity index (χ1n) is 9.91. The third kappa shape index (κ3) is 6.83. The van der Waals surface area contributed by atoms with Crippen molar-refractivity contribution in [1.29, 1.82) is 0 Å². The molecule has 0 unspecified atom stereocenters. The number of benzene rings is 2. The maximum Gasteiger partial charge on any atom is 0.245 e. The molecule has 0 spiro atoms. The van der Waals surface area contributed by atoms with Crippen LogP contribution in [0.5, 0.6) is 11.5 Å². The monoisotopic (exact) mass is 499 g/mol. The predicted octanol–water partition coefficient (Wildman–Crippen LogP) is 2.10. The fraction of sp³-hybridized carbons (Fsp3) is 0.381. The number of anilines is 2. The maximum atomic E-state index is 12.9. The molecule has 0 saturated heterocycles. The van der Waals surface area contributed by atoms with Crippen molar-refractivity contribution in [3.8, 4) is 11.5 Å². The van der Waals surface area contributed by atoms with Gasteiger partial charge < -0.3 is 14.8 Å².